The quantitative estimate of drug-likeness (QED) is 0.600. The summed E-state index contributed by atoms with van der Waals surface area (Å²) < 4.78 is 15.9. The fraction of sp³-hybridized carbons (Fsp3) is 0.621. The van der Waals surface area contributed by atoms with E-state index in [1.165, 1.54) is 38.3 Å². The number of carbonyl (C=O) groups is 2. The highest BCUT2D eigenvalue weighted by molar-refractivity contribution is 5.96. The molecule has 3 fully saturated rings. The first-order chi connectivity index (χ1) is 17.8. The van der Waals surface area contributed by atoms with E-state index in [0.29, 0.717) is 17.9 Å². The lowest BCUT2D eigenvalue weighted by Crippen LogP contribution is -2.35. The molecule has 7 nitrogen and oxygen atoms in total. The monoisotopic (exact) mass is 509 g/mol. The summed E-state index contributed by atoms with van der Waals surface area (Å²) in [6, 6.07) is 6.70. The van der Waals surface area contributed by atoms with Crippen molar-refractivity contribution in [1.29, 1.82) is 0 Å². The molecule has 2 aliphatic heterocycles. The number of nitrogens with one attached hydrogen (secondary N) is 1. The van der Waals surface area contributed by atoms with Gasteiger partial charge in [-0.05, 0) is 62.6 Å². The van der Waals surface area contributed by atoms with Crippen molar-refractivity contribution in [3.63, 3.8) is 0 Å². The molecule has 0 bridgehead atoms. The topological polar surface area (TPSA) is 70.5 Å². The van der Waals surface area contributed by atoms with Crippen molar-refractivity contribution in [2.75, 3.05) is 32.7 Å². The first-order valence-corrected chi connectivity index (χ1v) is 13.9. The highest BCUT2D eigenvalue weighted by Gasteiger charge is 2.42. The maximum atomic E-state index is 13.8. The third-order valence-corrected chi connectivity index (χ3v) is 8.67. The summed E-state index contributed by atoms with van der Waals surface area (Å²) >= 11 is 0. The molecule has 5 rings (SSSR count). The van der Waals surface area contributed by atoms with E-state index in [0.717, 1.165) is 74.5 Å². The molecule has 2 aromatic rings. The minimum Gasteiger partial charge on any atom is -0.349 e. The smallest absolute Gasteiger partial charge is 0.257 e. The van der Waals surface area contributed by atoms with Gasteiger partial charge in [0.25, 0.3) is 5.91 Å². The summed E-state index contributed by atoms with van der Waals surface area (Å²) in [4.78, 5) is 29.8. The highest BCUT2D eigenvalue weighted by atomic mass is 19.1. The van der Waals surface area contributed by atoms with Crippen molar-refractivity contribution in [2.45, 2.75) is 71.4 Å². The number of halogens is 1. The minimum atomic E-state index is -0.289. The van der Waals surface area contributed by atoms with E-state index in [2.05, 4.69) is 21.8 Å². The predicted octanol–water partition coefficient (Wildman–Crippen LogP) is 4.42. The lowest BCUT2D eigenvalue weighted by atomic mass is 9.95. The van der Waals surface area contributed by atoms with Crippen LogP contribution in [0.5, 0.6) is 0 Å². The molecule has 2 saturated heterocycles. The van der Waals surface area contributed by atoms with Gasteiger partial charge in [0.05, 0.1) is 23.3 Å². The average Bonchev–Trinajstić information content (AvgIpc) is 3.53. The fourth-order valence-corrected chi connectivity index (χ4v) is 6.85. The van der Waals surface area contributed by atoms with Crippen LogP contribution in [-0.4, -0.2) is 64.1 Å². The van der Waals surface area contributed by atoms with Crippen LogP contribution in [0.2, 0.25) is 0 Å². The number of hydrogen-bond acceptors (Lipinski definition) is 4. The second-order valence-electron chi connectivity index (χ2n) is 11.4. The Bertz CT molecular complexity index is 1130. The molecule has 1 aliphatic carbocycles. The summed E-state index contributed by atoms with van der Waals surface area (Å²) in [5, 5.41) is 7.79. The standard InChI is InChI=1S/C29H40FN5O2/c1-19-28(20(2)35(32-19)26-10-5-4-6-11-26)29(37)34-17-23-15-33(16-24(23)18-34)13-12-27(31-21(3)36)22-8-7-9-25(30)14-22/h7-9,14,23-24,26-27H,4-6,10-13,15-18H2,1-3H3,(H,31,36)/t23?,24?,27-/m0/s1. The Balaban J connectivity index is 1.18. The Labute approximate surface area is 219 Å². The van der Waals surface area contributed by atoms with Crippen molar-refractivity contribution in [3.8, 4) is 0 Å². The average molecular weight is 510 g/mol. The lowest BCUT2D eigenvalue weighted by molar-refractivity contribution is -0.119. The molecule has 1 aromatic carbocycles. The van der Waals surface area contributed by atoms with Crippen LogP contribution in [0.4, 0.5) is 4.39 Å². The van der Waals surface area contributed by atoms with Gasteiger partial charge in [-0.15, -0.1) is 0 Å². The molecule has 0 spiro atoms. The first-order valence-electron chi connectivity index (χ1n) is 13.9. The van der Waals surface area contributed by atoms with Gasteiger partial charge in [-0.3, -0.25) is 14.3 Å². The molecular weight excluding hydrogens is 469 g/mol. The van der Waals surface area contributed by atoms with Crippen LogP contribution in [0, 0.1) is 31.5 Å². The second kappa shape index (κ2) is 10.9. The van der Waals surface area contributed by atoms with Gasteiger partial charge >= 0.3 is 0 Å². The van der Waals surface area contributed by atoms with Crippen LogP contribution >= 0.6 is 0 Å². The lowest BCUT2D eigenvalue weighted by Gasteiger charge is -2.25. The van der Waals surface area contributed by atoms with Crippen LogP contribution in [0.3, 0.4) is 0 Å². The van der Waals surface area contributed by atoms with Crippen LogP contribution in [-0.2, 0) is 4.79 Å². The van der Waals surface area contributed by atoms with E-state index in [1.54, 1.807) is 6.07 Å². The normalized spacial score (nSPS) is 23.3. The molecule has 3 aliphatic rings. The van der Waals surface area contributed by atoms with E-state index >= 15 is 0 Å². The molecule has 3 heterocycles. The molecule has 37 heavy (non-hydrogen) atoms. The number of benzene rings is 1. The number of rotatable bonds is 7. The van der Waals surface area contributed by atoms with Gasteiger partial charge in [0, 0.05) is 45.3 Å². The zero-order valence-electron chi connectivity index (χ0n) is 22.4. The number of amides is 2. The number of aromatic nitrogens is 2. The number of likely N-dealkylation sites (tertiary alicyclic amines) is 2. The molecule has 2 unspecified atom stereocenters. The van der Waals surface area contributed by atoms with E-state index < -0.39 is 0 Å². The first kappa shape index (κ1) is 25.9. The van der Waals surface area contributed by atoms with Crippen molar-refractivity contribution in [3.05, 3.63) is 52.6 Å². The van der Waals surface area contributed by atoms with Crippen molar-refractivity contribution < 1.29 is 14.0 Å². The maximum absolute atomic E-state index is 13.8. The molecular formula is C29H40FN5O2. The number of carbonyl (C=O) groups excluding carboxylic acids is 2. The van der Waals surface area contributed by atoms with Crippen LogP contribution in [0.1, 0.15) is 84.8 Å². The Morgan fingerprint density at radius 3 is 2.43 bits per heavy atom. The van der Waals surface area contributed by atoms with Crippen LogP contribution in [0.15, 0.2) is 24.3 Å². The Hall–Kier alpha value is -2.74. The Morgan fingerprint density at radius 1 is 1.08 bits per heavy atom. The highest BCUT2D eigenvalue weighted by Crippen LogP contribution is 2.35. The molecule has 0 radical (unpaired) electrons. The van der Waals surface area contributed by atoms with Crippen LogP contribution in [0.25, 0.3) is 0 Å². The zero-order chi connectivity index (χ0) is 26.1. The number of fused-ring (bicyclic) bond motifs is 1. The summed E-state index contributed by atoms with van der Waals surface area (Å²) in [6.07, 6.45) is 6.82. The molecule has 1 aromatic heterocycles. The number of hydrogen-bond donors (Lipinski definition) is 1. The van der Waals surface area contributed by atoms with Gasteiger partial charge in [0.15, 0.2) is 0 Å². The molecule has 2 amide bonds. The Morgan fingerprint density at radius 2 is 1.78 bits per heavy atom. The van der Waals surface area contributed by atoms with Gasteiger partial charge in [0.1, 0.15) is 5.82 Å². The number of nitrogens with zero attached hydrogens (tertiary/aromatic N) is 4. The summed E-state index contributed by atoms with van der Waals surface area (Å²) in [5.74, 6) is 0.662. The summed E-state index contributed by atoms with van der Waals surface area (Å²) in [5.41, 5.74) is 3.48. The maximum Gasteiger partial charge on any atom is 0.257 e. The fourth-order valence-electron chi connectivity index (χ4n) is 6.85. The Kier molecular flexibility index (Phi) is 7.65. The van der Waals surface area contributed by atoms with Gasteiger partial charge in [0.2, 0.25) is 5.91 Å². The van der Waals surface area contributed by atoms with Gasteiger partial charge < -0.3 is 15.1 Å². The van der Waals surface area contributed by atoms with Crippen molar-refractivity contribution in [2.24, 2.45) is 11.8 Å². The van der Waals surface area contributed by atoms with E-state index in [1.807, 2.05) is 17.9 Å². The van der Waals surface area contributed by atoms with Gasteiger partial charge in [-0.2, -0.15) is 5.10 Å². The SMILES string of the molecule is CC(=O)N[C@@H](CCN1CC2CN(C(=O)c3c(C)nn(C4CCCCC4)c3C)CC2C1)c1cccc(F)c1. The zero-order valence-corrected chi connectivity index (χ0v) is 22.4. The summed E-state index contributed by atoms with van der Waals surface area (Å²) in [7, 11) is 0. The molecule has 1 N–H and O–H groups in total. The van der Waals surface area contributed by atoms with Crippen molar-refractivity contribution in [1.82, 2.24) is 24.9 Å². The molecule has 8 heteroatoms. The molecule has 1 saturated carbocycles. The minimum absolute atomic E-state index is 0.112. The van der Waals surface area contributed by atoms with Gasteiger partial charge in [-0.1, -0.05) is 31.4 Å². The third kappa shape index (κ3) is 5.59. The van der Waals surface area contributed by atoms with Gasteiger partial charge in [-0.25, -0.2) is 4.39 Å². The second-order valence-corrected chi connectivity index (χ2v) is 11.4. The predicted molar refractivity (Wildman–Crippen MR) is 141 cm³/mol. The van der Waals surface area contributed by atoms with Crippen molar-refractivity contribution >= 4 is 11.8 Å². The largest absolute Gasteiger partial charge is 0.349 e. The van der Waals surface area contributed by atoms with E-state index in [9.17, 15) is 14.0 Å². The van der Waals surface area contributed by atoms with Crippen LogP contribution < -0.4 is 5.32 Å². The molecule has 200 valence electrons. The summed E-state index contributed by atoms with van der Waals surface area (Å²) in [6.45, 7) is 9.83. The van der Waals surface area contributed by atoms with E-state index in [4.69, 9.17) is 5.10 Å². The third-order valence-electron chi connectivity index (χ3n) is 8.67. The number of aryl methyl sites for hydroxylation is 1. The van der Waals surface area contributed by atoms with E-state index in [-0.39, 0.29) is 23.7 Å². The molecule has 3 atom stereocenters.